The molecule has 0 aliphatic rings. The first-order valence-corrected chi connectivity index (χ1v) is 9.37. The molecule has 0 radical (unpaired) electrons. The fourth-order valence-electron chi connectivity index (χ4n) is 2.94. The predicted molar refractivity (Wildman–Crippen MR) is 110 cm³/mol. The summed E-state index contributed by atoms with van der Waals surface area (Å²) in [6, 6.07) is 12.0. The summed E-state index contributed by atoms with van der Waals surface area (Å²) in [6.07, 6.45) is 2.81. The average molecular weight is 426 g/mol. The van der Waals surface area contributed by atoms with Gasteiger partial charge in [0.2, 0.25) is 0 Å². The number of benzene rings is 1. The van der Waals surface area contributed by atoms with Gasteiger partial charge < -0.3 is 9.72 Å². The second kappa shape index (κ2) is 7.95. The van der Waals surface area contributed by atoms with E-state index in [0.717, 1.165) is 11.1 Å². The Kier molecular flexibility index (Phi) is 5.21. The predicted octanol–water partition coefficient (Wildman–Crippen LogP) is 4.40. The van der Waals surface area contributed by atoms with Crippen molar-refractivity contribution in [3.63, 3.8) is 0 Å². The van der Waals surface area contributed by atoms with Crippen molar-refractivity contribution in [1.82, 2.24) is 20.2 Å². The van der Waals surface area contributed by atoms with Crippen LogP contribution in [0.1, 0.15) is 17.0 Å². The lowest BCUT2D eigenvalue weighted by Crippen LogP contribution is -2.11. The van der Waals surface area contributed by atoms with Gasteiger partial charge >= 0.3 is 0 Å². The van der Waals surface area contributed by atoms with E-state index in [1.54, 1.807) is 18.3 Å². The van der Waals surface area contributed by atoms with Crippen molar-refractivity contribution in [2.24, 2.45) is 0 Å². The lowest BCUT2D eigenvalue weighted by atomic mass is 10.1. The zero-order chi connectivity index (χ0) is 20.4. The number of aromatic amines is 2. The van der Waals surface area contributed by atoms with E-state index in [2.05, 4.69) is 20.2 Å². The van der Waals surface area contributed by atoms with E-state index in [1.165, 1.54) is 12.1 Å². The monoisotopic (exact) mass is 425 g/mol. The van der Waals surface area contributed by atoms with Crippen LogP contribution in [0.3, 0.4) is 0 Å². The van der Waals surface area contributed by atoms with Gasteiger partial charge in [0.15, 0.2) is 11.4 Å². The normalized spacial score (nSPS) is 10.8. The maximum absolute atomic E-state index is 12.2. The van der Waals surface area contributed by atoms with Gasteiger partial charge in [0.25, 0.3) is 5.56 Å². The third-order valence-electron chi connectivity index (χ3n) is 4.28. The third kappa shape index (κ3) is 4.09. The molecule has 0 saturated carbocycles. The Morgan fingerprint density at radius 2 is 2.03 bits per heavy atom. The minimum absolute atomic E-state index is 0.0802. The molecule has 0 aliphatic heterocycles. The molecule has 0 atom stereocenters. The van der Waals surface area contributed by atoms with E-state index in [1.807, 2.05) is 18.2 Å². The smallest absolute Gasteiger partial charge is 0.270 e. The van der Waals surface area contributed by atoms with Crippen LogP contribution < -0.4 is 10.3 Å². The van der Waals surface area contributed by atoms with Gasteiger partial charge in [-0.05, 0) is 43.2 Å². The molecular weight excluding hydrogens is 413 g/mol. The molecule has 3 aromatic heterocycles. The van der Waals surface area contributed by atoms with Gasteiger partial charge in [-0.25, -0.2) is 4.98 Å². The summed E-state index contributed by atoms with van der Waals surface area (Å²) in [5.74, 6) is 0.505. The SMILES string of the molecule is N#Cc1cc(Cl)cc(Oc2cc(CCc3[nH]nc4ncccc34)[nH]c(=O)c2Cl)c1. The zero-order valence-electron chi connectivity index (χ0n) is 14.9. The topological polar surface area (TPSA) is 107 Å². The number of nitrogens with one attached hydrogen (secondary N) is 2. The van der Waals surface area contributed by atoms with Crippen molar-refractivity contribution in [3.8, 4) is 17.6 Å². The number of hydrogen-bond donors (Lipinski definition) is 2. The number of halogens is 2. The van der Waals surface area contributed by atoms with Gasteiger partial charge in [0.1, 0.15) is 10.8 Å². The highest BCUT2D eigenvalue weighted by Crippen LogP contribution is 2.30. The van der Waals surface area contributed by atoms with E-state index >= 15 is 0 Å². The summed E-state index contributed by atoms with van der Waals surface area (Å²) in [5.41, 5.74) is 2.08. The number of nitriles is 1. The second-order valence-corrected chi connectivity index (χ2v) is 7.08. The van der Waals surface area contributed by atoms with E-state index in [0.29, 0.717) is 40.5 Å². The molecule has 9 heteroatoms. The first-order chi connectivity index (χ1) is 14.0. The standard InChI is InChI=1S/C20H13Cl2N5O2/c21-12-6-11(10-23)7-14(8-12)29-17-9-13(25-20(28)18(17)22)3-4-16-15-2-1-5-24-19(15)27-26-16/h1-2,5-9H,3-4H2,(H,25,28)(H,24,26,27). The van der Waals surface area contributed by atoms with Crippen molar-refractivity contribution < 1.29 is 4.74 Å². The van der Waals surface area contributed by atoms with E-state index in [-0.39, 0.29) is 10.8 Å². The highest BCUT2D eigenvalue weighted by molar-refractivity contribution is 6.32. The summed E-state index contributed by atoms with van der Waals surface area (Å²) in [6.45, 7) is 0. The highest BCUT2D eigenvalue weighted by atomic mass is 35.5. The van der Waals surface area contributed by atoms with Crippen LogP contribution in [-0.2, 0) is 12.8 Å². The van der Waals surface area contributed by atoms with Crippen LogP contribution in [0.2, 0.25) is 10.0 Å². The molecule has 0 spiro atoms. The first kappa shape index (κ1) is 19.0. The number of H-pyrrole nitrogens is 2. The average Bonchev–Trinajstić information content (AvgIpc) is 3.12. The number of aromatic nitrogens is 4. The second-order valence-electron chi connectivity index (χ2n) is 6.27. The Bertz CT molecular complexity index is 1310. The van der Waals surface area contributed by atoms with E-state index in [9.17, 15) is 4.79 Å². The molecule has 0 bridgehead atoms. The molecule has 2 N–H and O–H groups in total. The Hall–Kier alpha value is -3.34. The minimum Gasteiger partial charge on any atom is -0.455 e. The summed E-state index contributed by atoms with van der Waals surface area (Å²) in [4.78, 5) is 19.2. The molecule has 0 unspecified atom stereocenters. The number of rotatable bonds is 5. The van der Waals surface area contributed by atoms with Crippen LogP contribution >= 0.6 is 23.2 Å². The minimum atomic E-state index is -0.460. The summed E-state index contributed by atoms with van der Waals surface area (Å²) < 4.78 is 5.74. The number of aryl methyl sites for hydroxylation is 2. The van der Waals surface area contributed by atoms with Crippen LogP contribution in [0.5, 0.6) is 11.5 Å². The molecule has 1 aromatic carbocycles. The van der Waals surface area contributed by atoms with Gasteiger partial charge in [-0.15, -0.1) is 0 Å². The quantitative estimate of drug-likeness (QED) is 0.492. The van der Waals surface area contributed by atoms with Crippen LogP contribution in [-0.4, -0.2) is 20.2 Å². The highest BCUT2D eigenvalue weighted by Gasteiger charge is 2.12. The Labute approximate surface area is 174 Å². The number of fused-ring (bicyclic) bond motifs is 1. The molecular formula is C20H13Cl2N5O2. The maximum atomic E-state index is 12.2. The van der Waals surface area contributed by atoms with Crippen molar-refractivity contribution in [3.05, 3.63) is 79.9 Å². The third-order valence-corrected chi connectivity index (χ3v) is 4.85. The number of hydrogen-bond acceptors (Lipinski definition) is 5. The summed E-state index contributed by atoms with van der Waals surface area (Å²) >= 11 is 12.1. The Balaban J connectivity index is 1.60. The lowest BCUT2D eigenvalue weighted by Gasteiger charge is -2.10. The van der Waals surface area contributed by atoms with Crippen LogP contribution in [0.25, 0.3) is 11.0 Å². The molecule has 7 nitrogen and oxygen atoms in total. The molecule has 144 valence electrons. The molecule has 4 rings (SSSR count). The van der Waals surface area contributed by atoms with Crippen molar-refractivity contribution in [1.29, 1.82) is 5.26 Å². The maximum Gasteiger partial charge on any atom is 0.270 e. The summed E-state index contributed by atoms with van der Waals surface area (Å²) in [7, 11) is 0. The van der Waals surface area contributed by atoms with Gasteiger partial charge in [-0.2, -0.15) is 10.4 Å². The van der Waals surface area contributed by atoms with Crippen LogP contribution in [0.4, 0.5) is 0 Å². The Morgan fingerprint density at radius 3 is 2.86 bits per heavy atom. The fraction of sp³-hybridized carbons (Fsp3) is 0.100. The van der Waals surface area contributed by atoms with Gasteiger partial charge in [-0.1, -0.05) is 23.2 Å². The number of nitrogens with zero attached hydrogens (tertiary/aromatic N) is 3. The molecule has 0 aliphatic carbocycles. The number of ether oxygens (including phenoxy) is 1. The number of pyridine rings is 2. The van der Waals surface area contributed by atoms with Gasteiger partial charge in [-0.3, -0.25) is 9.89 Å². The van der Waals surface area contributed by atoms with Gasteiger partial charge in [0.05, 0.1) is 11.6 Å². The van der Waals surface area contributed by atoms with Gasteiger partial charge in [0, 0.05) is 34.1 Å². The van der Waals surface area contributed by atoms with Crippen molar-refractivity contribution in [2.75, 3.05) is 0 Å². The lowest BCUT2D eigenvalue weighted by molar-refractivity contribution is 0.480. The van der Waals surface area contributed by atoms with Crippen LogP contribution in [0, 0.1) is 11.3 Å². The van der Waals surface area contributed by atoms with E-state index < -0.39 is 5.56 Å². The largest absolute Gasteiger partial charge is 0.455 e. The molecule has 0 fully saturated rings. The van der Waals surface area contributed by atoms with Crippen LogP contribution in [0.15, 0.2) is 47.4 Å². The van der Waals surface area contributed by atoms with Crippen molar-refractivity contribution in [2.45, 2.75) is 12.8 Å². The molecule has 4 aromatic rings. The molecule has 3 heterocycles. The molecule has 0 amide bonds. The zero-order valence-corrected chi connectivity index (χ0v) is 16.4. The first-order valence-electron chi connectivity index (χ1n) is 8.61. The Morgan fingerprint density at radius 1 is 1.17 bits per heavy atom. The molecule has 0 saturated heterocycles. The fourth-order valence-corrected chi connectivity index (χ4v) is 3.31. The molecule has 29 heavy (non-hydrogen) atoms. The van der Waals surface area contributed by atoms with E-state index in [4.69, 9.17) is 33.2 Å². The van der Waals surface area contributed by atoms with Crippen molar-refractivity contribution >= 4 is 34.2 Å². The summed E-state index contributed by atoms with van der Waals surface area (Å²) in [5, 5.41) is 17.4.